The molecule has 4 N–H and O–H groups in total. The number of fused-ring (bicyclic) bond motifs is 3. The normalized spacial score (nSPS) is 14.9. The van der Waals surface area contributed by atoms with Gasteiger partial charge in [0.05, 0.1) is 6.61 Å². The Kier molecular flexibility index (Phi) is 8.88. The first kappa shape index (κ1) is 25.6. The molecule has 2 aromatic rings. The second kappa shape index (κ2) is 11.4. The summed E-state index contributed by atoms with van der Waals surface area (Å²) in [7, 11) is -8.89. The SMILES string of the molecule is O=C(NCCCCCCOP(=O)(O)CP(=O)(O)O)OCC1c2ccccc2-c2ccccc21. The summed E-state index contributed by atoms with van der Waals surface area (Å²) in [5, 5.41) is 2.73. The highest BCUT2D eigenvalue weighted by Gasteiger charge is 2.31. The molecule has 11 heteroatoms. The van der Waals surface area contributed by atoms with Gasteiger partial charge in [-0.25, -0.2) is 4.79 Å². The van der Waals surface area contributed by atoms with Crippen molar-refractivity contribution in [2.24, 2.45) is 0 Å². The second-order valence-corrected chi connectivity index (χ2v) is 11.9. The highest BCUT2D eigenvalue weighted by Crippen LogP contribution is 2.55. The molecule has 1 atom stereocenters. The first-order valence-corrected chi connectivity index (χ1v) is 14.3. The van der Waals surface area contributed by atoms with Gasteiger partial charge in [0.25, 0.3) is 0 Å². The second-order valence-electron chi connectivity index (χ2n) is 7.94. The van der Waals surface area contributed by atoms with Crippen LogP contribution in [0.15, 0.2) is 48.5 Å². The van der Waals surface area contributed by atoms with Crippen LogP contribution in [0.2, 0.25) is 0 Å². The van der Waals surface area contributed by atoms with Crippen LogP contribution in [0.3, 0.4) is 0 Å². The van der Waals surface area contributed by atoms with Crippen molar-refractivity contribution >= 4 is 21.3 Å². The summed E-state index contributed by atoms with van der Waals surface area (Å²) in [5.41, 5.74) is 4.65. The maximum absolute atomic E-state index is 12.1. The third kappa shape index (κ3) is 7.78. The maximum atomic E-state index is 12.1. The lowest BCUT2D eigenvalue weighted by atomic mass is 9.98. The van der Waals surface area contributed by atoms with E-state index in [4.69, 9.17) is 19.0 Å². The standard InChI is InChI=1S/C22H29NO8P2/c24-22(23-13-7-1-2-8-14-31-33(28,29)16-32(25,26)27)30-15-21-19-11-5-3-9-17(19)18-10-4-6-12-20(18)21/h3-6,9-12,21H,1-2,7-8,13-16H2,(H,23,24)(H,28,29)(H2,25,26,27). The Bertz CT molecular complexity index is 1010. The van der Waals surface area contributed by atoms with Crippen molar-refractivity contribution in [3.8, 4) is 11.1 Å². The molecule has 0 radical (unpaired) electrons. The van der Waals surface area contributed by atoms with Crippen molar-refractivity contribution in [1.29, 1.82) is 0 Å². The van der Waals surface area contributed by atoms with E-state index in [-0.39, 0.29) is 19.1 Å². The van der Waals surface area contributed by atoms with E-state index in [1.54, 1.807) is 0 Å². The summed E-state index contributed by atoms with van der Waals surface area (Å²) in [6.45, 7) is 0.634. The van der Waals surface area contributed by atoms with E-state index in [1.165, 1.54) is 11.1 Å². The van der Waals surface area contributed by atoms with Crippen molar-refractivity contribution in [1.82, 2.24) is 5.32 Å². The van der Waals surface area contributed by atoms with Crippen LogP contribution in [0.25, 0.3) is 11.1 Å². The molecule has 0 heterocycles. The molecule has 2 aromatic carbocycles. The fourth-order valence-corrected chi connectivity index (χ4v) is 6.50. The quantitative estimate of drug-likeness (QED) is 0.249. The lowest BCUT2D eigenvalue weighted by Crippen LogP contribution is -2.27. The summed E-state index contributed by atoms with van der Waals surface area (Å²) >= 11 is 0. The highest BCUT2D eigenvalue weighted by molar-refractivity contribution is 7.70. The van der Waals surface area contributed by atoms with E-state index >= 15 is 0 Å². The maximum Gasteiger partial charge on any atom is 0.407 e. The first-order valence-electron chi connectivity index (χ1n) is 10.8. The number of ether oxygens (including phenoxy) is 1. The number of nitrogens with one attached hydrogen (secondary N) is 1. The van der Waals surface area contributed by atoms with Crippen molar-refractivity contribution < 1.29 is 37.9 Å². The molecule has 1 aliphatic carbocycles. The molecule has 0 fully saturated rings. The minimum atomic E-state index is -4.60. The molecule has 0 bridgehead atoms. The van der Waals surface area contributed by atoms with Gasteiger partial charge in [-0.05, 0) is 35.1 Å². The number of hydrogen-bond acceptors (Lipinski definition) is 5. The zero-order valence-corrected chi connectivity index (χ0v) is 19.9. The van der Waals surface area contributed by atoms with Crippen LogP contribution in [-0.4, -0.2) is 46.4 Å². The van der Waals surface area contributed by atoms with Crippen LogP contribution in [0.4, 0.5) is 4.79 Å². The van der Waals surface area contributed by atoms with Crippen molar-refractivity contribution in [3.05, 3.63) is 59.7 Å². The van der Waals surface area contributed by atoms with Crippen LogP contribution >= 0.6 is 15.2 Å². The zero-order chi connectivity index (χ0) is 23.9. The molecular weight excluding hydrogens is 468 g/mol. The number of hydrogen-bond donors (Lipinski definition) is 4. The fraction of sp³-hybridized carbons (Fsp3) is 0.409. The van der Waals surface area contributed by atoms with E-state index in [1.807, 2.05) is 24.3 Å². The summed E-state index contributed by atoms with van der Waals surface area (Å²) < 4.78 is 32.5. The Balaban J connectivity index is 1.31. The molecule has 33 heavy (non-hydrogen) atoms. The molecule has 180 valence electrons. The number of carbonyl (C=O) groups excluding carboxylic acids is 1. The van der Waals surface area contributed by atoms with Gasteiger partial charge in [0.1, 0.15) is 6.61 Å². The van der Waals surface area contributed by atoms with Crippen LogP contribution in [-0.2, 0) is 18.4 Å². The van der Waals surface area contributed by atoms with Crippen molar-refractivity contribution in [2.75, 3.05) is 25.7 Å². The molecule has 1 amide bonds. The molecular formula is C22H29NO8P2. The van der Waals surface area contributed by atoms with Gasteiger partial charge in [-0.1, -0.05) is 61.4 Å². The molecule has 1 aliphatic rings. The van der Waals surface area contributed by atoms with Gasteiger partial charge in [0, 0.05) is 12.5 Å². The van der Waals surface area contributed by atoms with Gasteiger partial charge in [0.2, 0.25) is 0 Å². The molecule has 1 unspecified atom stereocenters. The average molecular weight is 497 g/mol. The molecule has 0 saturated heterocycles. The summed E-state index contributed by atoms with van der Waals surface area (Å²) in [4.78, 5) is 39.0. The van der Waals surface area contributed by atoms with E-state index in [0.29, 0.717) is 25.8 Å². The monoisotopic (exact) mass is 497 g/mol. The number of unbranched alkanes of at least 4 members (excludes halogenated alkanes) is 3. The Morgan fingerprint density at radius 2 is 1.45 bits per heavy atom. The van der Waals surface area contributed by atoms with Gasteiger partial charge in [-0.15, -0.1) is 0 Å². The van der Waals surface area contributed by atoms with Gasteiger partial charge in [-0.2, -0.15) is 0 Å². The predicted molar refractivity (Wildman–Crippen MR) is 124 cm³/mol. The number of rotatable bonds is 12. The highest BCUT2D eigenvalue weighted by atomic mass is 31.2. The average Bonchev–Trinajstić information content (AvgIpc) is 3.06. The van der Waals surface area contributed by atoms with Gasteiger partial charge in [-0.3, -0.25) is 9.13 Å². The predicted octanol–water partition coefficient (Wildman–Crippen LogP) is 4.42. The van der Waals surface area contributed by atoms with Crippen LogP contribution in [0, 0.1) is 0 Å². The Morgan fingerprint density at radius 3 is 2.06 bits per heavy atom. The molecule has 0 spiro atoms. The molecule has 3 rings (SSSR count). The summed E-state index contributed by atoms with van der Waals surface area (Å²) in [6, 6.07) is 16.3. The molecule has 0 aliphatic heterocycles. The van der Waals surface area contributed by atoms with E-state index in [0.717, 1.165) is 17.5 Å². The minimum Gasteiger partial charge on any atom is -0.449 e. The van der Waals surface area contributed by atoms with Crippen LogP contribution in [0.5, 0.6) is 0 Å². The summed E-state index contributed by atoms with van der Waals surface area (Å²) in [6.07, 6.45) is 2.13. The lowest BCUT2D eigenvalue weighted by molar-refractivity contribution is 0.143. The number of carbonyl (C=O) groups is 1. The van der Waals surface area contributed by atoms with Gasteiger partial charge in [0.15, 0.2) is 5.90 Å². The van der Waals surface area contributed by atoms with E-state index in [2.05, 4.69) is 29.6 Å². The fourth-order valence-electron chi connectivity index (χ4n) is 3.90. The van der Waals surface area contributed by atoms with Crippen molar-refractivity contribution in [2.45, 2.75) is 31.6 Å². The Morgan fingerprint density at radius 1 is 0.879 bits per heavy atom. The van der Waals surface area contributed by atoms with E-state index in [9.17, 15) is 18.8 Å². The number of benzene rings is 2. The topological polar surface area (TPSA) is 142 Å². The minimum absolute atomic E-state index is 0.0104. The Hall–Kier alpha value is -1.99. The smallest absolute Gasteiger partial charge is 0.407 e. The van der Waals surface area contributed by atoms with E-state index < -0.39 is 27.2 Å². The number of alkyl carbamates (subject to hydrolysis) is 1. The molecule has 0 saturated carbocycles. The van der Waals surface area contributed by atoms with Gasteiger partial charge < -0.3 is 29.3 Å². The lowest BCUT2D eigenvalue weighted by Gasteiger charge is -2.14. The summed E-state index contributed by atoms with van der Waals surface area (Å²) in [5.74, 6) is -1.17. The third-order valence-electron chi connectivity index (χ3n) is 5.34. The zero-order valence-electron chi connectivity index (χ0n) is 18.1. The molecule has 9 nitrogen and oxygen atoms in total. The van der Waals surface area contributed by atoms with Gasteiger partial charge >= 0.3 is 21.3 Å². The van der Waals surface area contributed by atoms with Crippen LogP contribution < -0.4 is 5.32 Å². The largest absolute Gasteiger partial charge is 0.449 e. The number of amides is 1. The Labute approximate surface area is 192 Å². The van der Waals surface area contributed by atoms with Crippen molar-refractivity contribution in [3.63, 3.8) is 0 Å². The molecule has 0 aromatic heterocycles. The first-order chi connectivity index (χ1) is 15.7. The van der Waals surface area contributed by atoms with Crippen LogP contribution in [0.1, 0.15) is 42.7 Å². The third-order valence-corrected chi connectivity index (χ3v) is 8.83.